The van der Waals surface area contributed by atoms with Gasteiger partial charge >= 0.3 is 0 Å². The molecular formula is C8H18N2O3S. The first-order valence-corrected chi connectivity index (χ1v) is 6.21. The van der Waals surface area contributed by atoms with Crippen LogP contribution in [-0.4, -0.2) is 51.4 Å². The van der Waals surface area contributed by atoms with Crippen LogP contribution >= 0.6 is 0 Å². The first-order chi connectivity index (χ1) is 6.28. The zero-order valence-electron chi connectivity index (χ0n) is 8.86. The highest BCUT2D eigenvalue weighted by molar-refractivity contribution is 7.92. The summed E-state index contributed by atoms with van der Waals surface area (Å²) < 4.78 is 22.8. The molecule has 1 amide bonds. The zero-order valence-corrected chi connectivity index (χ0v) is 9.67. The van der Waals surface area contributed by atoms with E-state index in [0.29, 0.717) is 6.54 Å². The second kappa shape index (κ2) is 5.31. The third-order valence-corrected chi connectivity index (χ3v) is 3.55. The van der Waals surface area contributed by atoms with Gasteiger partial charge in [-0.3, -0.25) is 4.79 Å². The average Bonchev–Trinajstić information content (AvgIpc) is 2.02. The molecule has 0 bridgehead atoms. The van der Waals surface area contributed by atoms with Gasteiger partial charge in [0.1, 0.15) is 5.75 Å². The Morgan fingerprint density at radius 2 is 1.93 bits per heavy atom. The van der Waals surface area contributed by atoms with E-state index in [-0.39, 0.29) is 11.7 Å². The molecule has 84 valence electrons. The van der Waals surface area contributed by atoms with E-state index in [1.807, 2.05) is 0 Å². The SMILES string of the molecule is CC(CN)CS(=O)(=O)CC(=O)N(C)C. The smallest absolute Gasteiger partial charge is 0.237 e. The van der Waals surface area contributed by atoms with Gasteiger partial charge in [0.15, 0.2) is 9.84 Å². The number of hydrogen-bond donors (Lipinski definition) is 1. The van der Waals surface area contributed by atoms with Gasteiger partial charge in [-0.1, -0.05) is 6.92 Å². The number of rotatable bonds is 5. The van der Waals surface area contributed by atoms with Crippen LogP contribution in [0.4, 0.5) is 0 Å². The lowest BCUT2D eigenvalue weighted by Crippen LogP contribution is -2.32. The average molecular weight is 222 g/mol. The van der Waals surface area contributed by atoms with Crippen molar-refractivity contribution in [2.75, 3.05) is 32.1 Å². The Bertz CT molecular complexity index is 285. The van der Waals surface area contributed by atoms with Crippen LogP contribution in [-0.2, 0) is 14.6 Å². The molecule has 0 aromatic heterocycles. The van der Waals surface area contributed by atoms with Crippen LogP contribution in [0.15, 0.2) is 0 Å². The molecule has 6 heteroatoms. The maximum Gasteiger partial charge on any atom is 0.237 e. The summed E-state index contributed by atoms with van der Waals surface area (Å²) in [6.07, 6.45) is 0. The van der Waals surface area contributed by atoms with Crippen LogP contribution in [0.5, 0.6) is 0 Å². The van der Waals surface area contributed by atoms with Gasteiger partial charge in [0.05, 0.1) is 5.75 Å². The Morgan fingerprint density at radius 3 is 2.29 bits per heavy atom. The van der Waals surface area contributed by atoms with Gasteiger partial charge in [0.2, 0.25) is 5.91 Å². The fourth-order valence-electron chi connectivity index (χ4n) is 0.878. The highest BCUT2D eigenvalue weighted by Crippen LogP contribution is 2.01. The second-order valence-corrected chi connectivity index (χ2v) is 5.79. The van der Waals surface area contributed by atoms with Crippen molar-refractivity contribution in [3.8, 4) is 0 Å². The molecule has 0 rings (SSSR count). The predicted octanol–water partition coefficient (Wildman–Crippen LogP) is -0.916. The summed E-state index contributed by atoms with van der Waals surface area (Å²) in [6.45, 7) is 2.06. The summed E-state index contributed by atoms with van der Waals surface area (Å²) >= 11 is 0. The molecule has 2 N–H and O–H groups in total. The van der Waals surface area contributed by atoms with Crippen molar-refractivity contribution in [1.29, 1.82) is 0 Å². The van der Waals surface area contributed by atoms with Crippen LogP contribution in [0.2, 0.25) is 0 Å². The van der Waals surface area contributed by atoms with Crippen LogP contribution in [0.3, 0.4) is 0 Å². The maximum atomic E-state index is 11.4. The molecule has 0 aliphatic heterocycles. The van der Waals surface area contributed by atoms with Crippen LogP contribution < -0.4 is 5.73 Å². The quantitative estimate of drug-likeness (QED) is 0.652. The summed E-state index contributed by atoms with van der Waals surface area (Å²) in [4.78, 5) is 12.4. The van der Waals surface area contributed by atoms with Crippen molar-refractivity contribution in [3.63, 3.8) is 0 Å². The Morgan fingerprint density at radius 1 is 1.43 bits per heavy atom. The van der Waals surface area contributed by atoms with E-state index in [2.05, 4.69) is 0 Å². The van der Waals surface area contributed by atoms with Crippen LogP contribution in [0, 0.1) is 5.92 Å². The van der Waals surface area contributed by atoms with E-state index in [1.165, 1.54) is 19.0 Å². The van der Waals surface area contributed by atoms with Gasteiger partial charge in [-0.2, -0.15) is 0 Å². The monoisotopic (exact) mass is 222 g/mol. The third kappa shape index (κ3) is 5.18. The highest BCUT2D eigenvalue weighted by Gasteiger charge is 2.20. The molecule has 0 heterocycles. The van der Waals surface area contributed by atoms with E-state index >= 15 is 0 Å². The van der Waals surface area contributed by atoms with Crippen molar-refractivity contribution in [2.45, 2.75) is 6.92 Å². The Hall–Kier alpha value is -0.620. The maximum absolute atomic E-state index is 11.4. The topological polar surface area (TPSA) is 80.5 Å². The van der Waals surface area contributed by atoms with Gasteiger partial charge in [-0.05, 0) is 12.5 Å². The van der Waals surface area contributed by atoms with E-state index in [4.69, 9.17) is 5.73 Å². The van der Waals surface area contributed by atoms with Crippen molar-refractivity contribution < 1.29 is 13.2 Å². The molecule has 0 aromatic rings. The molecule has 0 saturated heterocycles. The first-order valence-electron chi connectivity index (χ1n) is 4.39. The minimum atomic E-state index is -3.31. The summed E-state index contributed by atoms with van der Waals surface area (Å²) in [5, 5.41) is 0. The molecule has 0 aromatic carbocycles. The highest BCUT2D eigenvalue weighted by atomic mass is 32.2. The lowest BCUT2D eigenvalue weighted by Gasteiger charge is -2.12. The van der Waals surface area contributed by atoms with Crippen molar-refractivity contribution >= 4 is 15.7 Å². The lowest BCUT2D eigenvalue weighted by atomic mass is 10.2. The van der Waals surface area contributed by atoms with E-state index in [9.17, 15) is 13.2 Å². The summed E-state index contributed by atoms with van der Waals surface area (Å²) in [7, 11) is -0.244. The van der Waals surface area contributed by atoms with Gasteiger partial charge in [-0.15, -0.1) is 0 Å². The van der Waals surface area contributed by atoms with Gasteiger partial charge < -0.3 is 10.6 Å². The molecule has 0 aliphatic carbocycles. The predicted molar refractivity (Wildman–Crippen MR) is 55.6 cm³/mol. The van der Waals surface area contributed by atoms with Gasteiger partial charge in [0, 0.05) is 14.1 Å². The number of sulfone groups is 1. The number of amides is 1. The molecule has 14 heavy (non-hydrogen) atoms. The van der Waals surface area contributed by atoms with Crippen molar-refractivity contribution in [2.24, 2.45) is 11.7 Å². The van der Waals surface area contributed by atoms with E-state index < -0.39 is 21.5 Å². The fourth-order valence-corrected chi connectivity index (χ4v) is 2.63. The van der Waals surface area contributed by atoms with Gasteiger partial charge in [-0.25, -0.2) is 8.42 Å². The Kier molecular flexibility index (Phi) is 5.07. The Labute approximate surface area is 85.2 Å². The van der Waals surface area contributed by atoms with Gasteiger partial charge in [0.25, 0.3) is 0 Å². The number of carbonyl (C=O) groups is 1. The molecule has 1 unspecified atom stereocenters. The number of hydrogen-bond acceptors (Lipinski definition) is 4. The molecule has 0 aliphatic rings. The minimum Gasteiger partial charge on any atom is -0.348 e. The van der Waals surface area contributed by atoms with Crippen LogP contribution in [0.25, 0.3) is 0 Å². The third-order valence-electron chi connectivity index (χ3n) is 1.78. The summed E-state index contributed by atoms with van der Waals surface area (Å²) in [5.74, 6) is -0.947. The number of carbonyl (C=O) groups excluding carboxylic acids is 1. The minimum absolute atomic E-state index is 0.0247. The number of nitrogens with two attached hydrogens (primary N) is 1. The largest absolute Gasteiger partial charge is 0.348 e. The molecule has 5 nitrogen and oxygen atoms in total. The first kappa shape index (κ1) is 13.4. The fraction of sp³-hybridized carbons (Fsp3) is 0.875. The second-order valence-electron chi connectivity index (χ2n) is 3.68. The zero-order chi connectivity index (χ0) is 11.4. The molecular weight excluding hydrogens is 204 g/mol. The van der Waals surface area contributed by atoms with Crippen molar-refractivity contribution in [1.82, 2.24) is 4.90 Å². The Balaban J connectivity index is 4.29. The standard InChI is InChI=1S/C8H18N2O3S/c1-7(4-9)5-14(12,13)6-8(11)10(2)3/h7H,4-6,9H2,1-3H3. The van der Waals surface area contributed by atoms with E-state index in [1.54, 1.807) is 6.92 Å². The summed E-state index contributed by atoms with van der Waals surface area (Å²) in [5.41, 5.74) is 5.31. The van der Waals surface area contributed by atoms with Crippen molar-refractivity contribution in [3.05, 3.63) is 0 Å². The molecule has 0 radical (unpaired) electrons. The molecule has 0 spiro atoms. The lowest BCUT2D eigenvalue weighted by molar-refractivity contribution is -0.125. The number of nitrogens with zero attached hydrogens (tertiary/aromatic N) is 1. The van der Waals surface area contributed by atoms with E-state index in [0.717, 1.165) is 0 Å². The molecule has 0 fully saturated rings. The molecule has 0 saturated carbocycles. The molecule has 1 atom stereocenters. The summed E-state index contributed by atoms with van der Waals surface area (Å²) in [6, 6.07) is 0. The normalized spacial score (nSPS) is 13.7. The van der Waals surface area contributed by atoms with Crippen LogP contribution in [0.1, 0.15) is 6.92 Å².